The smallest absolute Gasteiger partial charge is 0.306 e. The Morgan fingerprint density at radius 2 is 1.82 bits per heavy atom. The van der Waals surface area contributed by atoms with Gasteiger partial charge in [-0.05, 0) is 73.0 Å². The second-order valence-electron chi connectivity index (χ2n) is 13.2. The fraction of sp³-hybridized carbons (Fsp3) is 0.889. The van der Waals surface area contributed by atoms with Crippen molar-refractivity contribution in [3.05, 3.63) is 0 Å². The number of aliphatic hydroxyl groups excluding tert-OH is 1. The van der Waals surface area contributed by atoms with Gasteiger partial charge in [0, 0.05) is 18.3 Å². The molecule has 0 bridgehead atoms. The number of fused-ring (bicyclic) bond motifs is 5. The van der Waals surface area contributed by atoms with Crippen LogP contribution in [0.4, 0.5) is 0 Å². The normalized spacial score (nSPS) is 45.1. The van der Waals surface area contributed by atoms with Gasteiger partial charge in [0.25, 0.3) is 0 Å². The van der Waals surface area contributed by atoms with Gasteiger partial charge < -0.3 is 14.9 Å². The van der Waals surface area contributed by atoms with Crippen molar-refractivity contribution in [1.82, 2.24) is 0 Å². The number of ether oxygens (including phenoxy) is 1. The van der Waals surface area contributed by atoms with Crippen LogP contribution in [0.15, 0.2) is 0 Å². The highest BCUT2D eigenvalue weighted by atomic mass is 16.5. The van der Waals surface area contributed by atoms with Gasteiger partial charge in [-0.1, -0.05) is 34.6 Å². The van der Waals surface area contributed by atoms with Gasteiger partial charge in [0.2, 0.25) is 5.78 Å². The minimum absolute atomic E-state index is 0.0647. The predicted octanol–water partition coefficient (Wildman–Crippen LogP) is 3.85. The number of hydrogen-bond acceptors (Lipinski definition) is 6. The number of ketones is 2. The van der Waals surface area contributed by atoms with Crippen molar-refractivity contribution in [2.75, 3.05) is 6.61 Å². The monoisotopic (exact) mass is 462 g/mol. The van der Waals surface area contributed by atoms with Crippen LogP contribution in [0.2, 0.25) is 0 Å². The topological polar surface area (TPSA) is 101 Å². The Hall–Kier alpha value is -1.27. The maximum absolute atomic E-state index is 13.2. The van der Waals surface area contributed by atoms with E-state index in [1.54, 1.807) is 0 Å². The van der Waals surface area contributed by atoms with Gasteiger partial charge in [-0.15, -0.1) is 0 Å². The molecule has 33 heavy (non-hydrogen) atoms. The Labute approximate surface area is 197 Å². The lowest BCUT2D eigenvalue weighted by molar-refractivity contribution is -0.199. The minimum Gasteiger partial charge on any atom is -0.458 e. The molecule has 4 aliphatic carbocycles. The summed E-state index contributed by atoms with van der Waals surface area (Å²) in [5, 5.41) is 23.2. The highest BCUT2D eigenvalue weighted by molar-refractivity contribution is 5.91. The molecular weight excluding hydrogens is 420 g/mol. The maximum Gasteiger partial charge on any atom is 0.306 e. The third-order valence-electron chi connectivity index (χ3n) is 10.1. The van der Waals surface area contributed by atoms with Crippen LogP contribution in [0.3, 0.4) is 0 Å². The highest BCUT2D eigenvalue weighted by Gasteiger charge is 2.68. The molecule has 4 saturated carbocycles. The molecule has 0 aromatic heterocycles. The summed E-state index contributed by atoms with van der Waals surface area (Å²) in [5.41, 5.74) is -2.63. The first-order chi connectivity index (χ1) is 15.2. The lowest BCUT2D eigenvalue weighted by Crippen LogP contribution is -2.63. The first kappa shape index (κ1) is 24.8. The van der Waals surface area contributed by atoms with E-state index < -0.39 is 35.5 Å². The Morgan fingerprint density at radius 1 is 1.12 bits per heavy atom. The molecule has 0 spiro atoms. The van der Waals surface area contributed by atoms with Crippen LogP contribution >= 0.6 is 0 Å². The van der Waals surface area contributed by atoms with Gasteiger partial charge in [-0.3, -0.25) is 14.4 Å². The molecule has 4 aliphatic rings. The molecule has 0 aliphatic heterocycles. The zero-order valence-electron chi connectivity index (χ0n) is 21.0. The number of hydrogen-bond donors (Lipinski definition) is 2. The van der Waals surface area contributed by atoms with Crippen molar-refractivity contribution < 1.29 is 29.3 Å². The summed E-state index contributed by atoms with van der Waals surface area (Å²) in [6, 6.07) is 0. The quantitative estimate of drug-likeness (QED) is 0.616. The molecule has 4 rings (SSSR count). The van der Waals surface area contributed by atoms with Gasteiger partial charge in [0.15, 0.2) is 6.61 Å². The van der Waals surface area contributed by atoms with Crippen LogP contribution in [-0.4, -0.2) is 46.1 Å². The zero-order valence-corrected chi connectivity index (χ0v) is 21.0. The number of rotatable bonds is 4. The molecule has 8 unspecified atom stereocenters. The molecule has 8 atom stereocenters. The number of carbonyl (C=O) groups excluding carboxylic acids is 3. The Morgan fingerprint density at radius 3 is 2.48 bits per heavy atom. The van der Waals surface area contributed by atoms with Gasteiger partial charge in [-0.2, -0.15) is 0 Å². The van der Waals surface area contributed by atoms with Gasteiger partial charge in [0.05, 0.1) is 12.5 Å². The average Bonchev–Trinajstić information content (AvgIpc) is 2.96. The van der Waals surface area contributed by atoms with E-state index in [0.717, 1.165) is 25.7 Å². The number of esters is 1. The summed E-state index contributed by atoms with van der Waals surface area (Å²) >= 11 is 0. The fourth-order valence-electron chi connectivity index (χ4n) is 8.38. The van der Waals surface area contributed by atoms with E-state index in [9.17, 15) is 24.6 Å². The highest BCUT2D eigenvalue weighted by Crippen LogP contribution is 2.68. The van der Waals surface area contributed by atoms with Crippen LogP contribution < -0.4 is 0 Å². The summed E-state index contributed by atoms with van der Waals surface area (Å²) in [6.07, 6.45) is 4.99. The van der Waals surface area contributed by atoms with Gasteiger partial charge in [-0.25, -0.2) is 0 Å². The zero-order chi connectivity index (χ0) is 24.4. The minimum atomic E-state index is -1.59. The van der Waals surface area contributed by atoms with Crippen molar-refractivity contribution >= 4 is 17.5 Å². The standard InChI is InChI=1S/C27H42O6/c1-24(2,3)14-22(31)33-15-21(30)27(32)11-9-19-18-7-6-16-12-17(28)8-10-25(16,4)23(18)20(29)13-26(19,27)5/h16,18-20,23,29,32H,6-15H2,1-5H3. The SMILES string of the molecule is CC(C)(C)CC(=O)OCC(=O)C1(O)CCC2C3CCC4CC(=O)CCC4(C)C3C(O)CC21C. The lowest BCUT2D eigenvalue weighted by Gasteiger charge is -2.62. The van der Waals surface area contributed by atoms with Crippen LogP contribution in [0.25, 0.3) is 0 Å². The van der Waals surface area contributed by atoms with Crippen molar-refractivity contribution in [2.45, 2.75) is 104 Å². The second-order valence-corrected chi connectivity index (χ2v) is 13.2. The van der Waals surface area contributed by atoms with Crippen molar-refractivity contribution in [3.8, 4) is 0 Å². The van der Waals surface area contributed by atoms with E-state index in [1.807, 2.05) is 27.7 Å². The summed E-state index contributed by atoms with van der Waals surface area (Å²) in [7, 11) is 0. The molecule has 0 radical (unpaired) electrons. The molecular formula is C27H42O6. The summed E-state index contributed by atoms with van der Waals surface area (Å²) in [5.74, 6) is 0.268. The number of aliphatic hydroxyl groups is 2. The van der Waals surface area contributed by atoms with E-state index in [-0.39, 0.29) is 35.0 Å². The molecule has 4 fully saturated rings. The van der Waals surface area contributed by atoms with Gasteiger partial charge >= 0.3 is 5.97 Å². The van der Waals surface area contributed by atoms with E-state index in [1.165, 1.54) is 0 Å². The van der Waals surface area contributed by atoms with Crippen LogP contribution in [0.5, 0.6) is 0 Å². The molecule has 6 nitrogen and oxygen atoms in total. The Balaban J connectivity index is 1.53. The first-order valence-corrected chi connectivity index (χ1v) is 12.8. The van der Waals surface area contributed by atoms with E-state index in [0.29, 0.717) is 37.4 Å². The van der Waals surface area contributed by atoms with Crippen molar-refractivity contribution in [2.24, 2.45) is 39.9 Å². The predicted molar refractivity (Wildman–Crippen MR) is 123 cm³/mol. The third kappa shape index (κ3) is 3.99. The number of carbonyl (C=O) groups is 3. The van der Waals surface area contributed by atoms with Gasteiger partial charge in [0.1, 0.15) is 11.4 Å². The first-order valence-electron chi connectivity index (χ1n) is 12.8. The van der Waals surface area contributed by atoms with E-state index in [2.05, 4.69) is 6.92 Å². The van der Waals surface area contributed by atoms with E-state index >= 15 is 0 Å². The number of Topliss-reactive ketones (excluding diaryl/α,β-unsaturated/α-hetero) is 2. The lowest BCUT2D eigenvalue weighted by atomic mass is 9.43. The van der Waals surface area contributed by atoms with Crippen molar-refractivity contribution in [1.29, 1.82) is 0 Å². The largest absolute Gasteiger partial charge is 0.458 e. The molecule has 0 amide bonds. The molecule has 0 aromatic rings. The Kier molecular flexibility index (Phi) is 6.14. The molecule has 0 heterocycles. The average molecular weight is 463 g/mol. The van der Waals surface area contributed by atoms with Crippen LogP contribution in [-0.2, 0) is 19.1 Å². The van der Waals surface area contributed by atoms with Crippen molar-refractivity contribution in [3.63, 3.8) is 0 Å². The molecule has 0 saturated heterocycles. The molecule has 6 heteroatoms. The third-order valence-corrected chi connectivity index (χ3v) is 10.1. The van der Waals surface area contributed by atoms with Crippen LogP contribution in [0, 0.1) is 39.9 Å². The fourth-order valence-corrected chi connectivity index (χ4v) is 8.38. The Bertz CT molecular complexity index is 829. The molecule has 186 valence electrons. The second kappa shape index (κ2) is 8.15. The summed E-state index contributed by atoms with van der Waals surface area (Å²) in [4.78, 5) is 37.5. The molecule has 0 aromatic carbocycles. The summed E-state index contributed by atoms with van der Waals surface area (Å²) < 4.78 is 5.27. The maximum atomic E-state index is 13.2. The van der Waals surface area contributed by atoms with Crippen LogP contribution in [0.1, 0.15) is 92.4 Å². The summed E-state index contributed by atoms with van der Waals surface area (Å²) in [6.45, 7) is 9.60. The van der Waals surface area contributed by atoms with E-state index in [4.69, 9.17) is 4.74 Å². The molecule has 2 N–H and O–H groups in total.